The van der Waals surface area contributed by atoms with Crippen molar-refractivity contribution in [3.05, 3.63) is 30.1 Å². The number of carbonyl (C=O) groups is 2. The zero-order valence-corrected chi connectivity index (χ0v) is 15.8. The Kier molecular flexibility index (Phi) is 6.41. The molecule has 3 heterocycles. The van der Waals surface area contributed by atoms with Gasteiger partial charge in [0, 0.05) is 38.6 Å². The van der Waals surface area contributed by atoms with Crippen LogP contribution in [0.3, 0.4) is 0 Å². The molecular formula is C19H27N3O5. The van der Waals surface area contributed by atoms with E-state index in [1.54, 1.807) is 48.4 Å². The molecular weight excluding hydrogens is 350 g/mol. The van der Waals surface area contributed by atoms with Crippen LogP contribution in [0.1, 0.15) is 29.6 Å². The number of carbonyl (C=O) groups excluding carboxylic acids is 2. The first kappa shape index (κ1) is 19.7. The number of aromatic nitrogens is 1. The lowest BCUT2D eigenvalue weighted by Crippen LogP contribution is -2.57. The molecule has 1 N–H and O–H groups in total. The van der Waals surface area contributed by atoms with Crippen molar-refractivity contribution in [2.45, 2.75) is 43.6 Å². The Morgan fingerprint density at radius 3 is 2.70 bits per heavy atom. The van der Waals surface area contributed by atoms with Crippen LogP contribution in [-0.4, -0.2) is 89.9 Å². The van der Waals surface area contributed by atoms with Gasteiger partial charge in [0.2, 0.25) is 5.91 Å². The largest absolute Gasteiger partial charge is 0.389 e. The third-order valence-corrected chi connectivity index (χ3v) is 5.07. The molecule has 0 radical (unpaired) electrons. The van der Waals surface area contributed by atoms with Gasteiger partial charge in [-0.15, -0.1) is 0 Å². The SMILES string of the molecule is CN(C)C(=O)C[C@H]1CC[C@@H]2[C@H](COC[C@@H](O)CN2C(=O)c2ccncc2)O1. The van der Waals surface area contributed by atoms with Crippen molar-refractivity contribution >= 4 is 11.8 Å². The molecule has 1 aromatic rings. The Balaban J connectivity index is 1.76. The topological polar surface area (TPSA) is 92.2 Å². The minimum atomic E-state index is -0.746. The van der Waals surface area contributed by atoms with Crippen molar-refractivity contribution in [2.75, 3.05) is 33.9 Å². The van der Waals surface area contributed by atoms with Gasteiger partial charge >= 0.3 is 0 Å². The molecule has 2 saturated heterocycles. The van der Waals surface area contributed by atoms with Gasteiger partial charge in [0.1, 0.15) is 6.10 Å². The average molecular weight is 377 g/mol. The van der Waals surface area contributed by atoms with Crippen molar-refractivity contribution in [1.29, 1.82) is 0 Å². The highest BCUT2D eigenvalue weighted by Crippen LogP contribution is 2.29. The molecule has 3 rings (SSSR count). The molecule has 8 nitrogen and oxygen atoms in total. The van der Waals surface area contributed by atoms with Crippen LogP contribution in [0.25, 0.3) is 0 Å². The van der Waals surface area contributed by atoms with Crippen LogP contribution in [0.5, 0.6) is 0 Å². The Labute approximate surface area is 159 Å². The predicted molar refractivity (Wildman–Crippen MR) is 97.1 cm³/mol. The van der Waals surface area contributed by atoms with E-state index in [4.69, 9.17) is 9.47 Å². The third-order valence-electron chi connectivity index (χ3n) is 5.07. The highest BCUT2D eigenvalue weighted by Gasteiger charge is 2.40. The summed E-state index contributed by atoms with van der Waals surface area (Å²) in [5, 5.41) is 10.2. The van der Waals surface area contributed by atoms with E-state index in [-0.39, 0.29) is 49.8 Å². The van der Waals surface area contributed by atoms with Crippen molar-refractivity contribution in [3.63, 3.8) is 0 Å². The fraction of sp³-hybridized carbons (Fsp3) is 0.632. The summed E-state index contributed by atoms with van der Waals surface area (Å²) in [4.78, 5) is 32.3. The molecule has 0 bridgehead atoms. The van der Waals surface area contributed by atoms with Crippen molar-refractivity contribution in [2.24, 2.45) is 0 Å². The molecule has 0 saturated carbocycles. The zero-order valence-electron chi connectivity index (χ0n) is 15.8. The quantitative estimate of drug-likeness (QED) is 0.815. The first-order valence-electron chi connectivity index (χ1n) is 9.28. The molecule has 8 heteroatoms. The number of ether oxygens (including phenoxy) is 2. The van der Waals surface area contributed by atoms with Crippen LogP contribution < -0.4 is 0 Å². The zero-order chi connectivity index (χ0) is 19.4. The maximum absolute atomic E-state index is 13.0. The number of aliphatic hydroxyl groups is 1. The molecule has 2 aliphatic rings. The average Bonchev–Trinajstić information content (AvgIpc) is 2.65. The van der Waals surface area contributed by atoms with Gasteiger partial charge in [0.25, 0.3) is 5.91 Å². The second-order valence-corrected chi connectivity index (χ2v) is 7.32. The second-order valence-electron chi connectivity index (χ2n) is 7.32. The molecule has 4 atom stereocenters. The molecule has 148 valence electrons. The Morgan fingerprint density at radius 2 is 2.00 bits per heavy atom. The number of rotatable bonds is 3. The highest BCUT2D eigenvalue weighted by atomic mass is 16.5. The summed E-state index contributed by atoms with van der Waals surface area (Å²) in [7, 11) is 3.45. The van der Waals surface area contributed by atoms with E-state index in [2.05, 4.69) is 4.98 Å². The number of β-amino-alcohol motifs (C(OH)–C–C–N with tert-alkyl or cyclic N) is 1. The summed E-state index contributed by atoms with van der Waals surface area (Å²) < 4.78 is 11.7. The number of pyridine rings is 1. The predicted octanol–water partition coefficient (Wildman–Crippen LogP) is 0.309. The maximum atomic E-state index is 13.0. The third kappa shape index (κ3) is 4.82. The van der Waals surface area contributed by atoms with E-state index in [0.717, 1.165) is 0 Å². The van der Waals surface area contributed by atoms with E-state index in [1.165, 1.54) is 0 Å². The van der Waals surface area contributed by atoms with E-state index < -0.39 is 6.10 Å². The molecule has 0 aliphatic carbocycles. The lowest BCUT2D eigenvalue weighted by molar-refractivity contribution is -0.154. The van der Waals surface area contributed by atoms with Crippen LogP contribution >= 0.6 is 0 Å². The minimum Gasteiger partial charge on any atom is -0.389 e. The molecule has 0 aromatic carbocycles. The molecule has 27 heavy (non-hydrogen) atoms. The molecule has 2 aliphatic heterocycles. The van der Waals surface area contributed by atoms with E-state index in [0.29, 0.717) is 24.8 Å². The summed E-state index contributed by atoms with van der Waals surface area (Å²) in [6, 6.07) is 3.13. The van der Waals surface area contributed by atoms with Gasteiger partial charge in [-0.3, -0.25) is 14.6 Å². The minimum absolute atomic E-state index is 0.0188. The number of hydrogen-bond donors (Lipinski definition) is 1. The number of fused-ring (bicyclic) bond motifs is 1. The van der Waals surface area contributed by atoms with Crippen molar-refractivity contribution < 1.29 is 24.2 Å². The lowest BCUT2D eigenvalue weighted by atomic mass is 9.94. The normalized spacial score (nSPS) is 28.6. The smallest absolute Gasteiger partial charge is 0.254 e. The van der Waals surface area contributed by atoms with Crippen LogP contribution in [-0.2, 0) is 14.3 Å². The van der Waals surface area contributed by atoms with Gasteiger partial charge in [-0.2, -0.15) is 0 Å². The first-order valence-corrected chi connectivity index (χ1v) is 9.28. The monoisotopic (exact) mass is 377 g/mol. The van der Waals surface area contributed by atoms with Crippen LogP contribution in [0.2, 0.25) is 0 Å². The van der Waals surface area contributed by atoms with Crippen LogP contribution in [0.15, 0.2) is 24.5 Å². The number of aliphatic hydroxyl groups excluding tert-OH is 1. The number of amides is 2. The van der Waals surface area contributed by atoms with Gasteiger partial charge < -0.3 is 24.4 Å². The lowest BCUT2D eigenvalue weighted by Gasteiger charge is -2.44. The Bertz CT molecular complexity index is 654. The van der Waals surface area contributed by atoms with Gasteiger partial charge in [-0.1, -0.05) is 0 Å². The highest BCUT2D eigenvalue weighted by molar-refractivity contribution is 5.94. The fourth-order valence-electron chi connectivity index (χ4n) is 3.61. The first-order chi connectivity index (χ1) is 13.0. The van der Waals surface area contributed by atoms with Gasteiger partial charge in [-0.25, -0.2) is 0 Å². The molecule has 0 unspecified atom stereocenters. The second kappa shape index (κ2) is 8.77. The standard InChI is InChI=1S/C19H27N3O5/c1-21(2)18(24)9-15-3-4-16-17(27-15)12-26-11-14(23)10-22(16)19(25)13-5-7-20-8-6-13/h5-8,14-17,23H,3-4,9-12H2,1-2H3/t14-,15+,16+,17-/m0/s1. The summed E-state index contributed by atoms with van der Waals surface area (Å²) in [6.07, 6.45) is 3.59. The summed E-state index contributed by atoms with van der Waals surface area (Å²) in [5.74, 6) is -0.134. The van der Waals surface area contributed by atoms with Crippen molar-refractivity contribution in [1.82, 2.24) is 14.8 Å². The van der Waals surface area contributed by atoms with E-state index in [9.17, 15) is 14.7 Å². The van der Waals surface area contributed by atoms with Gasteiger partial charge in [0.15, 0.2) is 0 Å². The van der Waals surface area contributed by atoms with Crippen LogP contribution in [0.4, 0.5) is 0 Å². The van der Waals surface area contributed by atoms with E-state index in [1.807, 2.05) is 0 Å². The Morgan fingerprint density at radius 1 is 1.26 bits per heavy atom. The number of nitrogens with zero attached hydrogens (tertiary/aromatic N) is 3. The van der Waals surface area contributed by atoms with Gasteiger partial charge in [0.05, 0.1) is 37.9 Å². The van der Waals surface area contributed by atoms with E-state index >= 15 is 0 Å². The summed E-state index contributed by atoms with van der Waals surface area (Å²) in [6.45, 7) is 0.621. The molecule has 2 fully saturated rings. The maximum Gasteiger partial charge on any atom is 0.254 e. The molecule has 1 aromatic heterocycles. The molecule has 2 amide bonds. The number of hydrogen-bond acceptors (Lipinski definition) is 6. The van der Waals surface area contributed by atoms with Crippen LogP contribution in [0, 0.1) is 0 Å². The Hall–Kier alpha value is -2.03. The van der Waals surface area contributed by atoms with Gasteiger partial charge in [-0.05, 0) is 25.0 Å². The summed E-state index contributed by atoms with van der Waals surface area (Å²) in [5.41, 5.74) is 0.530. The fourth-order valence-corrected chi connectivity index (χ4v) is 3.61. The molecule has 0 spiro atoms. The van der Waals surface area contributed by atoms with Crippen molar-refractivity contribution in [3.8, 4) is 0 Å². The summed E-state index contributed by atoms with van der Waals surface area (Å²) >= 11 is 0.